The number of rotatable bonds is 5. The fourth-order valence-corrected chi connectivity index (χ4v) is 7.11. The summed E-state index contributed by atoms with van der Waals surface area (Å²) in [5.74, 6) is 0.432. The zero-order chi connectivity index (χ0) is 22.4. The fourth-order valence-electron chi connectivity index (χ4n) is 5.24. The molecule has 0 saturated carbocycles. The van der Waals surface area contributed by atoms with E-state index in [9.17, 15) is 9.67 Å². The van der Waals surface area contributed by atoms with Crippen molar-refractivity contribution in [2.24, 2.45) is 0 Å². The lowest BCUT2D eigenvalue weighted by Crippen LogP contribution is -2.19. The summed E-state index contributed by atoms with van der Waals surface area (Å²) in [6.07, 6.45) is 4.89. The summed E-state index contributed by atoms with van der Waals surface area (Å²) in [6.45, 7) is 11.2. The maximum Gasteiger partial charge on any atom is 0.331 e. The van der Waals surface area contributed by atoms with E-state index in [2.05, 4.69) is 45.9 Å². The van der Waals surface area contributed by atoms with Gasteiger partial charge in [0, 0.05) is 5.56 Å². The van der Waals surface area contributed by atoms with E-state index in [1.165, 1.54) is 33.4 Å². The second kappa shape index (κ2) is 8.39. The smallest absolute Gasteiger partial charge is 0.331 e. The number of aryl methyl sites for hydroxylation is 3. The molecule has 5 heteroatoms. The van der Waals surface area contributed by atoms with Crippen LogP contribution in [-0.4, -0.2) is 24.0 Å². The van der Waals surface area contributed by atoms with Crippen molar-refractivity contribution >= 4 is 7.60 Å². The van der Waals surface area contributed by atoms with Crippen molar-refractivity contribution in [2.75, 3.05) is 12.8 Å². The topological polar surface area (TPSA) is 55.8 Å². The van der Waals surface area contributed by atoms with Gasteiger partial charge in [0.15, 0.2) is 0 Å². The van der Waals surface area contributed by atoms with Crippen LogP contribution in [0.5, 0.6) is 5.75 Å². The molecule has 0 amide bonds. The normalized spacial score (nSPS) is 24.9. The summed E-state index contributed by atoms with van der Waals surface area (Å²) in [7, 11) is -2.98. The molecule has 2 unspecified atom stereocenters. The lowest BCUT2D eigenvalue weighted by atomic mass is 9.84. The molecule has 168 valence electrons. The molecule has 4 rings (SSSR count). The number of fused-ring (bicyclic) bond motifs is 1. The second-order valence-electron chi connectivity index (χ2n) is 9.99. The number of phenols is 1. The minimum absolute atomic E-state index is 0.00227. The van der Waals surface area contributed by atoms with Crippen LogP contribution >= 0.6 is 7.60 Å². The Labute approximate surface area is 186 Å². The largest absolute Gasteiger partial charge is 0.508 e. The van der Waals surface area contributed by atoms with Gasteiger partial charge in [0.1, 0.15) is 5.75 Å². The van der Waals surface area contributed by atoms with Crippen LogP contribution in [0.1, 0.15) is 72.6 Å². The molecule has 1 aliphatic carbocycles. The highest BCUT2D eigenvalue weighted by atomic mass is 31.2. The van der Waals surface area contributed by atoms with Crippen LogP contribution in [-0.2, 0) is 38.3 Å². The maximum atomic E-state index is 12.8. The van der Waals surface area contributed by atoms with Gasteiger partial charge < -0.3 is 14.2 Å². The highest BCUT2D eigenvalue weighted by molar-refractivity contribution is 7.53. The Balaban J connectivity index is 1.54. The molecule has 2 aliphatic rings. The number of hydrogen-bond acceptors (Lipinski definition) is 4. The van der Waals surface area contributed by atoms with Gasteiger partial charge in [-0.2, -0.15) is 0 Å². The molecule has 31 heavy (non-hydrogen) atoms. The average Bonchev–Trinajstić information content (AvgIpc) is 3.01. The second-order valence-corrected chi connectivity index (χ2v) is 12.1. The van der Waals surface area contributed by atoms with Gasteiger partial charge in [-0.05, 0) is 97.7 Å². The van der Waals surface area contributed by atoms with Crippen LogP contribution in [0.15, 0.2) is 24.3 Å². The van der Waals surface area contributed by atoms with E-state index in [1.54, 1.807) is 0 Å². The first-order valence-electron chi connectivity index (χ1n) is 11.4. The molecule has 0 bridgehead atoms. The first-order valence-corrected chi connectivity index (χ1v) is 13.2. The Morgan fingerprint density at radius 1 is 1.19 bits per heavy atom. The number of hydrogen-bond donors (Lipinski definition) is 1. The van der Waals surface area contributed by atoms with Gasteiger partial charge in [0.25, 0.3) is 0 Å². The molecule has 1 N–H and O–H groups in total. The molecule has 0 radical (unpaired) electrons. The molecule has 4 nitrogen and oxygen atoms in total. The molecule has 2 atom stereocenters. The van der Waals surface area contributed by atoms with Crippen LogP contribution in [0, 0.1) is 13.8 Å². The average molecular weight is 443 g/mol. The van der Waals surface area contributed by atoms with Crippen molar-refractivity contribution < 1.29 is 18.7 Å². The SMILES string of the molecule is Cc1cc(CCP2(=O)OCCC(C)O2)cc(C)c1Cc1ccc(O)c2c1CCC2(C)C. The zero-order valence-electron chi connectivity index (χ0n) is 19.5. The van der Waals surface area contributed by atoms with Gasteiger partial charge in [-0.15, -0.1) is 0 Å². The van der Waals surface area contributed by atoms with Gasteiger partial charge in [-0.3, -0.25) is 4.57 Å². The molecule has 1 saturated heterocycles. The number of phenolic OH excluding ortho intramolecular Hbond substituents is 1. The van der Waals surface area contributed by atoms with Crippen LogP contribution in [0.25, 0.3) is 0 Å². The van der Waals surface area contributed by atoms with Crippen molar-refractivity contribution in [1.29, 1.82) is 0 Å². The molecule has 2 aromatic rings. The summed E-state index contributed by atoms with van der Waals surface area (Å²) in [5, 5.41) is 10.5. The van der Waals surface area contributed by atoms with E-state index in [-0.39, 0.29) is 11.5 Å². The van der Waals surface area contributed by atoms with Gasteiger partial charge in [-0.1, -0.05) is 32.0 Å². The Kier molecular flexibility index (Phi) is 6.11. The minimum Gasteiger partial charge on any atom is -0.508 e. The Morgan fingerprint density at radius 2 is 1.90 bits per heavy atom. The van der Waals surface area contributed by atoms with Crippen molar-refractivity contribution in [2.45, 2.75) is 78.2 Å². The summed E-state index contributed by atoms with van der Waals surface area (Å²) in [6, 6.07) is 8.38. The molecular weight excluding hydrogens is 407 g/mol. The Hall–Kier alpha value is -1.61. The Morgan fingerprint density at radius 3 is 2.58 bits per heavy atom. The first kappa shape index (κ1) is 22.6. The van der Waals surface area contributed by atoms with Gasteiger partial charge in [0.05, 0.1) is 18.9 Å². The summed E-state index contributed by atoms with van der Waals surface area (Å²) >= 11 is 0. The maximum absolute atomic E-state index is 12.8. The lowest BCUT2D eigenvalue weighted by Gasteiger charge is -2.27. The van der Waals surface area contributed by atoms with Gasteiger partial charge in [0.2, 0.25) is 0 Å². The third-order valence-corrected chi connectivity index (χ3v) is 9.04. The highest BCUT2D eigenvalue weighted by Crippen LogP contribution is 2.52. The molecule has 2 aromatic carbocycles. The van der Waals surface area contributed by atoms with E-state index in [0.717, 1.165) is 31.2 Å². The third kappa shape index (κ3) is 4.62. The van der Waals surface area contributed by atoms with E-state index >= 15 is 0 Å². The van der Waals surface area contributed by atoms with E-state index in [1.807, 2.05) is 13.0 Å². The summed E-state index contributed by atoms with van der Waals surface area (Å²) in [5.41, 5.74) is 8.83. The van der Waals surface area contributed by atoms with Crippen LogP contribution < -0.4 is 0 Å². The van der Waals surface area contributed by atoms with Crippen molar-refractivity contribution in [1.82, 2.24) is 0 Å². The summed E-state index contributed by atoms with van der Waals surface area (Å²) in [4.78, 5) is 0. The zero-order valence-corrected chi connectivity index (χ0v) is 20.4. The molecule has 0 aromatic heterocycles. The molecule has 1 heterocycles. The quantitative estimate of drug-likeness (QED) is 0.546. The number of benzene rings is 2. The number of aromatic hydroxyl groups is 1. The lowest BCUT2D eigenvalue weighted by molar-refractivity contribution is 0.0926. The van der Waals surface area contributed by atoms with Crippen LogP contribution in [0.3, 0.4) is 0 Å². The summed E-state index contributed by atoms with van der Waals surface area (Å²) < 4.78 is 24.0. The minimum atomic E-state index is -2.98. The van der Waals surface area contributed by atoms with Crippen LogP contribution in [0.4, 0.5) is 0 Å². The predicted molar refractivity (Wildman–Crippen MR) is 125 cm³/mol. The predicted octanol–water partition coefficient (Wildman–Crippen LogP) is 6.38. The van der Waals surface area contributed by atoms with Gasteiger partial charge >= 0.3 is 7.60 Å². The molecule has 1 fully saturated rings. The van der Waals surface area contributed by atoms with E-state index in [0.29, 0.717) is 24.9 Å². The fraction of sp³-hybridized carbons (Fsp3) is 0.538. The molecular formula is C26H35O4P. The van der Waals surface area contributed by atoms with Crippen molar-refractivity contribution in [3.8, 4) is 5.75 Å². The van der Waals surface area contributed by atoms with E-state index in [4.69, 9.17) is 9.05 Å². The molecule has 0 spiro atoms. The van der Waals surface area contributed by atoms with Crippen molar-refractivity contribution in [3.63, 3.8) is 0 Å². The van der Waals surface area contributed by atoms with E-state index < -0.39 is 7.60 Å². The highest BCUT2D eigenvalue weighted by Gasteiger charge is 2.34. The van der Waals surface area contributed by atoms with Crippen LogP contribution in [0.2, 0.25) is 0 Å². The first-order chi connectivity index (χ1) is 14.6. The Bertz CT molecular complexity index is 1020. The van der Waals surface area contributed by atoms with Gasteiger partial charge in [-0.25, -0.2) is 0 Å². The molecule has 1 aliphatic heterocycles. The van der Waals surface area contributed by atoms with Crippen molar-refractivity contribution in [3.05, 3.63) is 63.2 Å². The standard InChI is InChI=1S/C26H35O4P/c1-17-14-20(10-13-31(28)29-12-9-19(3)30-31)15-18(2)23(17)16-21-6-7-24(27)25-22(21)8-11-26(25,4)5/h6-7,14-15,19,27H,8-13,16H2,1-5H3. The monoisotopic (exact) mass is 442 g/mol. The third-order valence-electron chi connectivity index (χ3n) is 7.01.